The van der Waals surface area contributed by atoms with Gasteiger partial charge in [-0.3, -0.25) is 0 Å². The molecule has 0 aliphatic carbocycles. The lowest BCUT2D eigenvalue weighted by Crippen LogP contribution is -2.15. The van der Waals surface area contributed by atoms with Gasteiger partial charge >= 0.3 is 6.18 Å². The van der Waals surface area contributed by atoms with E-state index in [2.05, 4.69) is 15.9 Å². The van der Waals surface area contributed by atoms with Gasteiger partial charge in [0.25, 0.3) is 0 Å². The lowest BCUT2D eigenvalue weighted by Gasteiger charge is -2.16. The zero-order valence-corrected chi connectivity index (χ0v) is 11.0. The lowest BCUT2D eigenvalue weighted by atomic mass is 10.1. The van der Waals surface area contributed by atoms with E-state index in [9.17, 15) is 13.2 Å². The Morgan fingerprint density at radius 2 is 1.69 bits per heavy atom. The van der Waals surface area contributed by atoms with Gasteiger partial charge in [-0.25, -0.2) is 0 Å². The summed E-state index contributed by atoms with van der Waals surface area (Å²) < 4.78 is 42.1. The van der Waals surface area contributed by atoms with Gasteiger partial charge in [0.1, 0.15) is 4.83 Å². The van der Waals surface area contributed by atoms with E-state index in [4.69, 9.17) is 27.9 Å². The van der Waals surface area contributed by atoms with Crippen LogP contribution in [0.5, 0.6) is 5.75 Å². The minimum atomic E-state index is -4.40. The largest absolute Gasteiger partial charge is 0.494 e. The second-order valence-corrected chi connectivity index (χ2v) is 4.65. The molecule has 1 atom stereocenters. The van der Waals surface area contributed by atoms with Gasteiger partial charge in [0.05, 0.1) is 17.2 Å². The van der Waals surface area contributed by atoms with Gasteiger partial charge in [-0.15, -0.1) is 0 Å². The summed E-state index contributed by atoms with van der Waals surface area (Å²) in [7, 11) is 1.34. The summed E-state index contributed by atoms with van der Waals surface area (Å²) in [5.74, 6) is 0.161. The van der Waals surface area contributed by atoms with Gasteiger partial charge in [0.2, 0.25) is 0 Å². The van der Waals surface area contributed by atoms with E-state index in [1.54, 1.807) is 0 Å². The summed E-state index contributed by atoms with van der Waals surface area (Å²) >= 11 is 14.0. The van der Waals surface area contributed by atoms with Crippen molar-refractivity contribution in [3.63, 3.8) is 0 Å². The highest BCUT2D eigenvalue weighted by atomic mass is 79.9. The van der Waals surface area contributed by atoms with Gasteiger partial charge < -0.3 is 4.74 Å². The highest BCUT2D eigenvalue weighted by Crippen LogP contribution is 2.43. The van der Waals surface area contributed by atoms with E-state index in [0.29, 0.717) is 0 Å². The van der Waals surface area contributed by atoms with Gasteiger partial charge in [-0.1, -0.05) is 39.1 Å². The Hall–Kier alpha value is -0.130. The van der Waals surface area contributed by atoms with Crippen molar-refractivity contribution in [1.29, 1.82) is 0 Å². The van der Waals surface area contributed by atoms with E-state index < -0.39 is 11.0 Å². The molecular formula is C9H6BrCl2F3O. The van der Waals surface area contributed by atoms with Crippen LogP contribution in [0.2, 0.25) is 10.0 Å². The molecule has 0 aliphatic heterocycles. The normalized spacial score (nSPS) is 13.7. The Morgan fingerprint density at radius 1 is 1.25 bits per heavy atom. The second kappa shape index (κ2) is 5.02. The summed E-state index contributed by atoms with van der Waals surface area (Å²) in [6.45, 7) is 0. The molecule has 1 nitrogen and oxygen atoms in total. The van der Waals surface area contributed by atoms with Crippen LogP contribution in [-0.4, -0.2) is 13.3 Å². The zero-order chi connectivity index (χ0) is 12.5. The summed E-state index contributed by atoms with van der Waals surface area (Å²) in [5, 5.41) is 0.0809. The lowest BCUT2D eigenvalue weighted by molar-refractivity contribution is -0.128. The SMILES string of the molecule is COc1c(Cl)cc(C(Br)C(F)(F)F)cc1Cl. The predicted molar refractivity (Wildman–Crippen MR) is 60.7 cm³/mol. The van der Waals surface area contributed by atoms with E-state index in [1.807, 2.05) is 0 Å². The summed E-state index contributed by atoms with van der Waals surface area (Å²) in [4.78, 5) is -1.80. The molecule has 0 aliphatic rings. The van der Waals surface area contributed by atoms with Crippen LogP contribution < -0.4 is 4.74 Å². The Morgan fingerprint density at radius 3 is 2.00 bits per heavy atom. The molecule has 0 amide bonds. The molecule has 16 heavy (non-hydrogen) atoms. The third kappa shape index (κ3) is 2.96. The number of ether oxygens (including phenoxy) is 1. The van der Waals surface area contributed by atoms with Gasteiger partial charge in [-0.2, -0.15) is 13.2 Å². The van der Waals surface area contributed by atoms with Gasteiger partial charge in [0.15, 0.2) is 5.75 Å². The molecule has 0 spiro atoms. The molecule has 1 unspecified atom stereocenters. The van der Waals surface area contributed by atoms with Crippen LogP contribution >= 0.6 is 39.1 Å². The minimum Gasteiger partial charge on any atom is -0.494 e. The van der Waals surface area contributed by atoms with Crippen LogP contribution in [0.15, 0.2) is 12.1 Å². The topological polar surface area (TPSA) is 9.23 Å². The van der Waals surface area contributed by atoms with Crippen LogP contribution in [0.4, 0.5) is 13.2 Å². The first kappa shape index (κ1) is 13.9. The molecule has 0 fully saturated rings. The highest BCUT2D eigenvalue weighted by molar-refractivity contribution is 9.09. The first-order valence-corrected chi connectivity index (χ1v) is 5.68. The fraction of sp³-hybridized carbons (Fsp3) is 0.333. The van der Waals surface area contributed by atoms with Crippen molar-refractivity contribution in [3.05, 3.63) is 27.7 Å². The molecule has 0 saturated heterocycles. The Balaban J connectivity index is 3.19. The Kier molecular flexibility index (Phi) is 4.37. The molecule has 7 heteroatoms. The minimum absolute atomic E-state index is 0.0405. The maximum atomic E-state index is 12.4. The first-order chi connectivity index (χ1) is 7.27. The number of alkyl halides is 4. The highest BCUT2D eigenvalue weighted by Gasteiger charge is 2.39. The van der Waals surface area contributed by atoms with Crippen molar-refractivity contribution in [3.8, 4) is 5.75 Å². The molecule has 0 saturated carbocycles. The third-order valence-corrected chi connectivity index (χ3v) is 3.41. The van der Waals surface area contributed by atoms with E-state index in [0.717, 1.165) is 0 Å². The van der Waals surface area contributed by atoms with Crippen LogP contribution in [0.1, 0.15) is 10.4 Å². The fourth-order valence-electron chi connectivity index (χ4n) is 1.11. The Bertz CT molecular complexity index is 372. The number of hydrogen-bond donors (Lipinski definition) is 0. The van der Waals surface area contributed by atoms with Crippen molar-refractivity contribution in [1.82, 2.24) is 0 Å². The zero-order valence-electron chi connectivity index (χ0n) is 7.91. The van der Waals surface area contributed by atoms with Gasteiger partial charge in [0, 0.05) is 0 Å². The van der Waals surface area contributed by atoms with Crippen LogP contribution in [-0.2, 0) is 0 Å². The molecule has 90 valence electrons. The second-order valence-electron chi connectivity index (χ2n) is 2.92. The molecule has 1 aromatic rings. The van der Waals surface area contributed by atoms with E-state index >= 15 is 0 Å². The van der Waals surface area contributed by atoms with Crippen molar-refractivity contribution in [2.24, 2.45) is 0 Å². The van der Waals surface area contributed by atoms with E-state index in [1.165, 1.54) is 19.2 Å². The number of rotatable bonds is 2. The third-order valence-electron chi connectivity index (χ3n) is 1.80. The number of hydrogen-bond acceptors (Lipinski definition) is 1. The standard InChI is InChI=1S/C9H6BrCl2F3O/c1-16-7-5(11)2-4(3-6(7)12)8(10)9(13,14)15/h2-3,8H,1H3. The molecule has 1 aromatic carbocycles. The molecule has 1 rings (SSSR count). The summed E-state index contributed by atoms with van der Waals surface area (Å²) in [6, 6.07) is 2.33. The first-order valence-electron chi connectivity index (χ1n) is 4.01. The Labute approximate surface area is 109 Å². The molecule has 0 radical (unpaired) electrons. The summed E-state index contributed by atoms with van der Waals surface area (Å²) in [5.41, 5.74) is -0.0664. The summed E-state index contributed by atoms with van der Waals surface area (Å²) in [6.07, 6.45) is -4.40. The number of halogens is 6. The molecule has 0 bridgehead atoms. The molecule has 0 N–H and O–H groups in total. The number of benzene rings is 1. The smallest absolute Gasteiger partial charge is 0.405 e. The maximum Gasteiger partial charge on any atom is 0.405 e. The maximum absolute atomic E-state index is 12.4. The quantitative estimate of drug-likeness (QED) is 0.690. The van der Waals surface area contributed by atoms with Crippen LogP contribution in [0.3, 0.4) is 0 Å². The monoisotopic (exact) mass is 336 g/mol. The van der Waals surface area contributed by atoms with Crippen molar-refractivity contribution in [2.45, 2.75) is 11.0 Å². The van der Waals surface area contributed by atoms with Gasteiger partial charge in [-0.05, 0) is 17.7 Å². The van der Waals surface area contributed by atoms with Crippen LogP contribution in [0, 0.1) is 0 Å². The number of methoxy groups -OCH3 is 1. The molecule has 0 heterocycles. The predicted octanol–water partition coefficient (Wildman–Crippen LogP) is 5.00. The van der Waals surface area contributed by atoms with Crippen molar-refractivity contribution < 1.29 is 17.9 Å². The fourth-order valence-corrected chi connectivity index (χ4v) is 2.03. The molecule has 0 aromatic heterocycles. The van der Waals surface area contributed by atoms with Crippen LogP contribution in [0.25, 0.3) is 0 Å². The average molecular weight is 338 g/mol. The average Bonchev–Trinajstić information content (AvgIpc) is 2.14. The van der Waals surface area contributed by atoms with E-state index in [-0.39, 0.29) is 21.4 Å². The van der Waals surface area contributed by atoms with Crippen molar-refractivity contribution >= 4 is 39.1 Å². The van der Waals surface area contributed by atoms with Crippen molar-refractivity contribution in [2.75, 3.05) is 7.11 Å². The molecular weight excluding hydrogens is 332 g/mol.